The Labute approximate surface area is 113 Å². The third-order valence-electron chi connectivity index (χ3n) is 3.85. The van der Waals surface area contributed by atoms with Gasteiger partial charge in [-0.3, -0.25) is 4.79 Å². The number of carboxylic acids is 1. The van der Waals surface area contributed by atoms with E-state index in [-0.39, 0.29) is 24.2 Å². The van der Waals surface area contributed by atoms with Gasteiger partial charge in [-0.15, -0.1) is 0 Å². The van der Waals surface area contributed by atoms with Crippen molar-refractivity contribution in [2.45, 2.75) is 38.2 Å². The van der Waals surface area contributed by atoms with Crippen LogP contribution >= 0.6 is 0 Å². The lowest BCUT2D eigenvalue weighted by molar-refractivity contribution is -0.138. The summed E-state index contributed by atoms with van der Waals surface area (Å²) in [6, 6.07) is 0. The van der Waals surface area contributed by atoms with E-state index in [1.807, 2.05) is 0 Å². The van der Waals surface area contributed by atoms with Crippen molar-refractivity contribution in [1.29, 1.82) is 0 Å². The fourth-order valence-corrected chi connectivity index (χ4v) is 4.47. The summed E-state index contributed by atoms with van der Waals surface area (Å²) in [6.07, 6.45) is 2.99. The molecule has 0 aliphatic carbocycles. The van der Waals surface area contributed by atoms with Gasteiger partial charge in [0.15, 0.2) is 0 Å². The molecule has 0 bridgehead atoms. The van der Waals surface area contributed by atoms with Gasteiger partial charge in [-0.05, 0) is 31.6 Å². The van der Waals surface area contributed by atoms with Gasteiger partial charge in [-0.2, -0.15) is 0 Å². The molecule has 6 nitrogen and oxygen atoms in total. The summed E-state index contributed by atoms with van der Waals surface area (Å²) in [5.41, 5.74) is 0. The maximum absolute atomic E-state index is 12.2. The van der Waals surface area contributed by atoms with Crippen molar-refractivity contribution in [2.24, 2.45) is 5.92 Å². The van der Waals surface area contributed by atoms with E-state index in [1.54, 1.807) is 0 Å². The third-order valence-corrected chi connectivity index (χ3v) is 5.80. The highest BCUT2D eigenvalue weighted by molar-refractivity contribution is 7.89. The zero-order valence-electron chi connectivity index (χ0n) is 11.0. The number of piperidine rings is 1. The molecule has 0 aromatic carbocycles. The number of carbonyl (C=O) groups is 1. The van der Waals surface area contributed by atoms with Crippen molar-refractivity contribution in [1.82, 2.24) is 4.31 Å². The van der Waals surface area contributed by atoms with Crippen LogP contribution in [-0.4, -0.2) is 55.4 Å². The maximum Gasteiger partial charge on any atom is 0.303 e. The average Bonchev–Trinajstić information content (AvgIpc) is 2.81. The normalized spacial score (nSPS) is 26.6. The molecule has 0 saturated carbocycles. The number of nitrogens with zero attached hydrogens (tertiary/aromatic N) is 1. The Balaban J connectivity index is 1.83. The predicted octanol–water partition coefficient (Wildman–Crippen LogP) is 0.682. The van der Waals surface area contributed by atoms with Crippen LogP contribution in [0.15, 0.2) is 0 Å². The number of hydrogen-bond donors (Lipinski definition) is 1. The van der Waals surface area contributed by atoms with Crippen molar-refractivity contribution >= 4 is 16.0 Å². The number of sulfonamides is 1. The molecule has 110 valence electrons. The second-order valence-electron chi connectivity index (χ2n) is 5.35. The average molecular weight is 291 g/mol. The van der Waals surface area contributed by atoms with Crippen LogP contribution in [0.2, 0.25) is 0 Å². The van der Waals surface area contributed by atoms with E-state index in [9.17, 15) is 13.2 Å². The Morgan fingerprint density at radius 3 is 2.47 bits per heavy atom. The second-order valence-corrected chi connectivity index (χ2v) is 7.37. The SMILES string of the molecule is O=C(O)CC1CCN(S(=O)(=O)CC2CCCO2)CC1. The minimum atomic E-state index is -3.26. The molecule has 2 saturated heterocycles. The smallest absolute Gasteiger partial charge is 0.303 e. The summed E-state index contributed by atoms with van der Waals surface area (Å²) >= 11 is 0. The molecule has 0 spiro atoms. The van der Waals surface area contributed by atoms with E-state index >= 15 is 0 Å². The Bertz CT molecular complexity index is 408. The van der Waals surface area contributed by atoms with Gasteiger partial charge in [0.25, 0.3) is 0 Å². The van der Waals surface area contributed by atoms with Crippen LogP contribution in [0.1, 0.15) is 32.1 Å². The van der Waals surface area contributed by atoms with Crippen molar-refractivity contribution in [3.8, 4) is 0 Å². The van der Waals surface area contributed by atoms with E-state index < -0.39 is 16.0 Å². The molecule has 19 heavy (non-hydrogen) atoms. The highest BCUT2D eigenvalue weighted by Crippen LogP contribution is 2.24. The zero-order valence-corrected chi connectivity index (χ0v) is 11.8. The molecule has 2 fully saturated rings. The topological polar surface area (TPSA) is 83.9 Å². The van der Waals surface area contributed by atoms with Crippen molar-refractivity contribution in [3.63, 3.8) is 0 Å². The third kappa shape index (κ3) is 4.15. The van der Waals surface area contributed by atoms with Gasteiger partial charge >= 0.3 is 5.97 Å². The zero-order chi connectivity index (χ0) is 13.9. The molecule has 0 aromatic rings. The molecule has 1 atom stereocenters. The van der Waals surface area contributed by atoms with Crippen LogP contribution < -0.4 is 0 Å². The first-order valence-electron chi connectivity index (χ1n) is 6.78. The van der Waals surface area contributed by atoms with Crippen molar-refractivity contribution in [2.75, 3.05) is 25.4 Å². The standard InChI is InChI=1S/C12H21NO5S/c14-12(15)8-10-3-5-13(6-4-10)19(16,17)9-11-2-1-7-18-11/h10-11H,1-9H2,(H,14,15). The summed E-state index contributed by atoms with van der Waals surface area (Å²) in [6.45, 7) is 1.53. The Kier molecular flexibility index (Phi) is 4.81. The van der Waals surface area contributed by atoms with Crippen LogP contribution in [0, 0.1) is 5.92 Å². The lowest BCUT2D eigenvalue weighted by Crippen LogP contribution is -2.42. The number of carboxylic acid groups (broad SMARTS) is 1. The number of aliphatic carboxylic acids is 1. The first-order valence-corrected chi connectivity index (χ1v) is 8.39. The lowest BCUT2D eigenvalue weighted by atomic mass is 9.95. The van der Waals surface area contributed by atoms with Gasteiger partial charge in [-0.25, -0.2) is 12.7 Å². The van der Waals surface area contributed by atoms with Crippen LogP contribution in [0.4, 0.5) is 0 Å². The van der Waals surface area contributed by atoms with Crippen LogP contribution in [0.5, 0.6) is 0 Å². The fourth-order valence-electron chi connectivity index (χ4n) is 2.75. The van der Waals surface area contributed by atoms with E-state index in [2.05, 4.69) is 0 Å². The monoisotopic (exact) mass is 291 g/mol. The van der Waals surface area contributed by atoms with Crippen molar-refractivity contribution < 1.29 is 23.1 Å². The molecule has 2 aliphatic heterocycles. The fraction of sp³-hybridized carbons (Fsp3) is 0.917. The molecule has 1 N–H and O–H groups in total. The number of rotatable bonds is 5. The van der Waals surface area contributed by atoms with E-state index in [0.717, 1.165) is 12.8 Å². The first-order chi connectivity index (χ1) is 8.97. The molecule has 2 aliphatic rings. The summed E-state index contributed by atoms with van der Waals surface area (Å²) in [4.78, 5) is 10.6. The molecule has 0 amide bonds. The molecular formula is C12H21NO5S. The van der Waals surface area contributed by atoms with Gasteiger partial charge in [0.1, 0.15) is 0 Å². The predicted molar refractivity (Wildman–Crippen MR) is 69.3 cm³/mol. The quantitative estimate of drug-likeness (QED) is 0.805. The second kappa shape index (κ2) is 6.19. The largest absolute Gasteiger partial charge is 0.481 e. The van der Waals surface area contributed by atoms with E-state index in [4.69, 9.17) is 9.84 Å². The molecule has 0 aromatic heterocycles. The summed E-state index contributed by atoms with van der Waals surface area (Å²) in [5, 5.41) is 8.73. The Hall–Kier alpha value is -0.660. The van der Waals surface area contributed by atoms with Gasteiger partial charge in [0.2, 0.25) is 10.0 Å². The molecule has 1 unspecified atom stereocenters. The minimum Gasteiger partial charge on any atom is -0.481 e. The van der Waals surface area contributed by atoms with E-state index in [0.29, 0.717) is 32.5 Å². The maximum atomic E-state index is 12.2. The minimum absolute atomic E-state index is 0.0661. The van der Waals surface area contributed by atoms with Crippen LogP contribution in [0.3, 0.4) is 0 Å². The summed E-state index contributed by atoms with van der Waals surface area (Å²) in [5.74, 6) is -0.635. The van der Waals surface area contributed by atoms with Gasteiger partial charge in [0, 0.05) is 26.1 Å². The highest BCUT2D eigenvalue weighted by Gasteiger charge is 2.32. The Morgan fingerprint density at radius 2 is 1.95 bits per heavy atom. The van der Waals surface area contributed by atoms with Crippen molar-refractivity contribution in [3.05, 3.63) is 0 Å². The highest BCUT2D eigenvalue weighted by atomic mass is 32.2. The first kappa shape index (κ1) is 14.7. The molecule has 7 heteroatoms. The molecule has 2 heterocycles. The van der Waals surface area contributed by atoms with E-state index in [1.165, 1.54) is 4.31 Å². The molecule has 0 radical (unpaired) electrons. The molecule has 2 rings (SSSR count). The van der Waals surface area contributed by atoms with Gasteiger partial charge in [0.05, 0.1) is 11.9 Å². The van der Waals surface area contributed by atoms with Crippen LogP contribution in [0.25, 0.3) is 0 Å². The van der Waals surface area contributed by atoms with Gasteiger partial charge < -0.3 is 9.84 Å². The lowest BCUT2D eigenvalue weighted by Gasteiger charge is -2.31. The number of hydrogen-bond acceptors (Lipinski definition) is 4. The van der Waals surface area contributed by atoms with Crippen LogP contribution in [-0.2, 0) is 19.6 Å². The molecular weight excluding hydrogens is 270 g/mol. The van der Waals surface area contributed by atoms with Gasteiger partial charge in [-0.1, -0.05) is 0 Å². The number of ether oxygens (including phenoxy) is 1. The summed E-state index contributed by atoms with van der Waals surface area (Å²) < 4.78 is 31.3. The Morgan fingerprint density at radius 1 is 1.26 bits per heavy atom. The summed E-state index contributed by atoms with van der Waals surface area (Å²) in [7, 11) is -3.26.